The zero-order valence-corrected chi connectivity index (χ0v) is 10.7. The highest BCUT2D eigenvalue weighted by Crippen LogP contribution is 2.42. The lowest BCUT2D eigenvalue weighted by molar-refractivity contribution is 0.462. The molecule has 0 fully saturated rings. The smallest absolute Gasteiger partial charge is 0.122 e. The number of hydrogen-bond donors (Lipinski definition) is 1. The average Bonchev–Trinajstić information content (AvgIpc) is 2.78. The van der Waals surface area contributed by atoms with Crippen LogP contribution in [-0.4, -0.2) is 5.11 Å². The average molecular weight is 238 g/mol. The quantitative estimate of drug-likeness (QED) is 0.721. The van der Waals surface area contributed by atoms with Gasteiger partial charge in [0.25, 0.3) is 0 Å². The molecule has 0 saturated carbocycles. The fraction of sp³-hybridized carbons (Fsp3) is 0.294. The molecule has 1 N–H and O–H groups in total. The van der Waals surface area contributed by atoms with Gasteiger partial charge in [0.05, 0.1) is 0 Å². The van der Waals surface area contributed by atoms with Gasteiger partial charge in [0.2, 0.25) is 0 Å². The van der Waals surface area contributed by atoms with Gasteiger partial charge in [-0.05, 0) is 35.1 Å². The van der Waals surface area contributed by atoms with E-state index in [1.54, 1.807) is 0 Å². The fourth-order valence-corrected chi connectivity index (χ4v) is 2.81. The van der Waals surface area contributed by atoms with Gasteiger partial charge in [-0.1, -0.05) is 49.7 Å². The van der Waals surface area contributed by atoms with Crippen molar-refractivity contribution in [1.82, 2.24) is 0 Å². The zero-order valence-electron chi connectivity index (χ0n) is 10.7. The van der Waals surface area contributed by atoms with E-state index in [9.17, 15) is 5.11 Å². The molecule has 2 aromatic rings. The van der Waals surface area contributed by atoms with Crippen LogP contribution in [0.1, 0.15) is 36.5 Å². The minimum atomic E-state index is 0.525. The molecule has 0 spiro atoms. The van der Waals surface area contributed by atoms with E-state index in [2.05, 4.69) is 43.3 Å². The number of aromatic hydroxyl groups is 1. The molecule has 92 valence electrons. The summed E-state index contributed by atoms with van der Waals surface area (Å²) in [5.41, 5.74) is 6.04. The van der Waals surface area contributed by atoms with Crippen molar-refractivity contribution in [3.05, 3.63) is 53.1 Å². The maximum atomic E-state index is 10.4. The lowest BCUT2D eigenvalue weighted by Gasteiger charge is -2.09. The topological polar surface area (TPSA) is 20.2 Å². The molecule has 1 heteroatoms. The molecule has 0 radical (unpaired) electrons. The largest absolute Gasteiger partial charge is 0.507 e. The lowest BCUT2D eigenvalue weighted by atomic mass is 9.99. The van der Waals surface area contributed by atoms with Crippen LogP contribution >= 0.6 is 0 Å². The first-order valence-electron chi connectivity index (χ1n) is 6.73. The molecule has 1 aliphatic carbocycles. The molecule has 0 amide bonds. The van der Waals surface area contributed by atoms with Crippen LogP contribution in [0.25, 0.3) is 11.1 Å². The Bertz CT molecular complexity index is 584. The Balaban J connectivity index is 2.04. The molecular formula is C17H18O. The van der Waals surface area contributed by atoms with Crippen molar-refractivity contribution >= 4 is 0 Å². The zero-order chi connectivity index (χ0) is 12.5. The van der Waals surface area contributed by atoms with Gasteiger partial charge in [-0.3, -0.25) is 0 Å². The van der Waals surface area contributed by atoms with Crippen LogP contribution in [0.15, 0.2) is 36.4 Å². The van der Waals surface area contributed by atoms with E-state index >= 15 is 0 Å². The van der Waals surface area contributed by atoms with Crippen LogP contribution in [0.2, 0.25) is 0 Å². The monoisotopic (exact) mass is 238 g/mol. The summed E-state index contributed by atoms with van der Waals surface area (Å²) in [5.74, 6) is 0.525. The number of hydrogen-bond acceptors (Lipinski definition) is 1. The van der Waals surface area contributed by atoms with E-state index in [0.717, 1.165) is 36.8 Å². The standard InChI is InChI=1S/C17H18O/c1-2-3-6-12-9-10-15-14-8-5-4-7-13(14)11-16(15)17(12)18/h4-5,7-10,18H,2-3,6,11H2,1H3. The second kappa shape index (κ2) is 4.49. The Morgan fingerprint density at radius 1 is 1.06 bits per heavy atom. The number of benzene rings is 2. The van der Waals surface area contributed by atoms with Crippen molar-refractivity contribution in [1.29, 1.82) is 0 Å². The van der Waals surface area contributed by atoms with Crippen LogP contribution in [0, 0.1) is 0 Å². The van der Waals surface area contributed by atoms with E-state index < -0.39 is 0 Å². The molecule has 0 unspecified atom stereocenters. The maximum Gasteiger partial charge on any atom is 0.122 e. The van der Waals surface area contributed by atoms with Crippen molar-refractivity contribution in [3.63, 3.8) is 0 Å². The summed E-state index contributed by atoms with van der Waals surface area (Å²) in [6, 6.07) is 12.7. The molecule has 2 aromatic carbocycles. The summed E-state index contributed by atoms with van der Waals surface area (Å²) in [6.07, 6.45) is 4.15. The molecule has 0 atom stereocenters. The van der Waals surface area contributed by atoms with E-state index in [1.165, 1.54) is 16.7 Å². The highest BCUT2D eigenvalue weighted by molar-refractivity contribution is 5.79. The predicted molar refractivity (Wildman–Crippen MR) is 75.0 cm³/mol. The maximum absolute atomic E-state index is 10.4. The molecule has 0 heterocycles. The van der Waals surface area contributed by atoms with Gasteiger partial charge in [0.1, 0.15) is 5.75 Å². The third-order valence-corrected chi connectivity index (χ3v) is 3.84. The first-order chi connectivity index (χ1) is 8.81. The molecule has 0 aliphatic heterocycles. The Morgan fingerprint density at radius 3 is 2.72 bits per heavy atom. The van der Waals surface area contributed by atoms with Gasteiger partial charge in [0, 0.05) is 12.0 Å². The summed E-state index contributed by atoms with van der Waals surface area (Å²) < 4.78 is 0. The highest BCUT2D eigenvalue weighted by atomic mass is 16.3. The molecule has 0 saturated heterocycles. The van der Waals surface area contributed by atoms with Crippen LogP contribution in [0.3, 0.4) is 0 Å². The fourth-order valence-electron chi connectivity index (χ4n) is 2.81. The van der Waals surface area contributed by atoms with Gasteiger partial charge in [0.15, 0.2) is 0 Å². The molecular weight excluding hydrogens is 220 g/mol. The van der Waals surface area contributed by atoms with Crippen molar-refractivity contribution < 1.29 is 5.11 Å². The predicted octanol–water partition coefficient (Wildman–Crippen LogP) is 4.31. The van der Waals surface area contributed by atoms with Crippen LogP contribution < -0.4 is 0 Å². The van der Waals surface area contributed by atoms with Gasteiger partial charge < -0.3 is 5.11 Å². The van der Waals surface area contributed by atoms with Crippen molar-refractivity contribution in [3.8, 4) is 16.9 Å². The first kappa shape index (κ1) is 11.3. The second-order valence-electron chi connectivity index (χ2n) is 5.04. The summed E-state index contributed by atoms with van der Waals surface area (Å²) in [4.78, 5) is 0. The summed E-state index contributed by atoms with van der Waals surface area (Å²) in [7, 11) is 0. The number of unbranched alkanes of at least 4 members (excludes halogenated alkanes) is 1. The Morgan fingerprint density at radius 2 is 1.89 bits per heavy atom. The Labute approximate surface area is 108 Å². The Kier molecular flexibility index (Phi) is 2.83. The van der Waals surface area contributed by atoms with Gasteiger partial charge in [-0.2, -0.15) is 0 Å². The number of rotatable bonds is 3. The van der Waals surface area contributed by atoms with Crippen LogP contribution in [0.5, 0.6) is 5.75 Å². The van der Waals surface area contributed by atoms with E-state index in [0.29, 0.717) is 5.75 Å². The van der Waals surface area contributed by atoms with Crippen LogP contribution in [0.4, 0.5) is 0 Å². The number of aryl methyl sites for hydroxylation is 1. The molecule has 0 aromatic heterocycles. The molecule has 3 rings (SSSR count). The molecule has 18 heavy (non-hydrogen) atoms. The van der Waals surface area contributed by atoms with E-state index in [4.69, 9.17) is 0 Å². The summed E-state index contributed by atoms with van der Waals surface area (Å²) in [6.45, 7) is 2.18. The third-order valence-electron chi connectivity index (χ3n) is 3.84. The SMILES string of the molecule is CCCCc1ccc2c(c1O)Cc1ccccc1-2. The van der Waals surface area contributed by atoms with Crippen molar-refractivity contribution in [2.75, 3.05) is 0 Å². The lowest BCUT2D eigenvalue weighted by Crippen LogP contribution is -1.90. The van der Waals surface area contributed by atoms with E-state index in [-0.39, 0.29) is 0 Å². The van der Waals surface area contributed by atoms with Gasteiger partial charge >= 0.3 is 0 Å². The minimum absolute atomic E-state index is 0.525. The third kappa shape index (κ3) is 1.71. The summed E-state index contributed by atoms with van der Waals surface area (Å²) in [5, 5.41) is 10.4. The summed E-state index contributed by atoms with van der Waals surface area (Å²) >= 11 is 0. The normalized spacial score (nSPS) is 12.3. The van der Waals surface area contributed by atoms with Gasteiger partial charge in [-0.25, -0.2) is 0 Å². The molecule has 1 aliphatic rings. The van der Waals surface area contributed by atoms with E-state index in [1.807, 2.05) is 0 Å². The minimum Gasteiger partial charge on any atom is -0.507 e. The Hall–Kier alpha value is -1.76. The first-order valence-corrected chi connectivity index (χ1v) is 6.73. The second-order valence-corrected chi connectivity index (χ2v) is 5.04. The highest BCUT2D eigenvalue weighted by Gasteiger charge is 2.22. The molecule has 1 nitrogen and oxygen atoms in total. The van der Waals surface area contributed by atoms with Crippen molar-refractivity contribution in [2.24, 2.45) is 0 Å². The molecule has 0 bridgehead atoms. The number of phenolic OH excluding ortho intramolecular Hbond substituents is 1. The van der Waals surface area contributed by atoms with Crippen molar-refractivity contribution in [2.45, 2.75) is 32.6 Å². The number of phenols is 1. The number of fused-ring (bicyclic) bond motifs is 3. The van der Waals surface area contributed by atoms with Crippen LogP contribution in [-0.2, 0) is 12.8 Å². The van der Waals surface area contributed by atoms with Gasteiger partial charge in [-0.15, -0.1) is 0 Å².